The number of hydrogen-bond donors (Lipinski definition) is 1. The van der Waals surface area contributed by atoms with Crippen molar-refractivity contribution in [1.29, 1.82) is 0 Å². The second-order valence-corrected chi connectivity index (χ2v) is 7.63. The zero-order chi connectivity index (χ0) is 23.2. The van der Waals surface area contributed by atoms with Gasteiger partial charge in [-0.1, -0.05) is 74.0 Å². The summed E-state index contributed by atoms with van der Waals surface area (Å²) >= 11 is 6.18. The van der Waals surface area contributed by atoms with Gasteiger partial charge in [0, 0.05) is 11.9 Å². The molecule has 5 rings (SSSR count). The maximum atomic E-state index is 6.18. The number of nitrogens with one attached hydrogen (secondary N) is 1. The highest BCUT2D eigenvalue weighted by Crippen LogP contribution is 2.28. The molecule has 0 aliphatic rings. The van der Waals surface area contributed by atoms with Crippen molar-refractivity contribution in [2.24, 2.45) is 0 Å². The van der Waals surface area contributed by atoms with E-state index >= 15 is 0 Å². The molecule has 0 saturated carbocycles. The first-order valence-electron chi connectivity index (χ1n) is 11.1. The Kier molecular flexibility index (Phi) is 6.96. The summed E-state index contributed by atoms with van der Waals surface area (Å²) < 4.78 is 4.41. The number of aromatic nitrogens is 3. The number of halogens is 1. The van der Waals surface area contributed by atoms with Crippen LogP contribution < -0.4 is 5.32 Å². The van der Waals surface area contributed by atoms with E-state index in [0.717, 1.165) is 39.6 Å². The van der Waals surface area contributed by atoms with Gasteiger partial charge in [-0.3, -0.25) is 8.97 Å². The quantitative estimate of drug-likeness (QED) is 0.274. The lowest BCUT2D eigenvalue weighted by Gasteiger charge is -2.04. The Bertz CT molecular complexity index is 1420. The Balaban J connectivity index is 0.00000126. The van der Waals surface area contributed by atoms with Crippen LogP contribution in [0.2, 0.25) is 5.02 Å². The summed E-state index contributed by atoms with van der Waals surface area (Å²) in [4.78, 5) is 4.90. The number of nitrogens with zero attached hydrogens (tertiary/aromatic N) is 3. The fraction of sp³-hybridized carbons (Fsp3) is 0.107. The lowest BCUT2D eigenvalue weighted by atomic mass is 10.2. The van der Waals surface area contributed by atoms with Gasteiger partial charge < -0.3 is 5.32 Å². The predicted molar refractivity (Wildman–Crippen MR) is 141 cm³/mol. The maximum absolute atomic E-state index is 6.18. The van der Waals surface area contributed by atoms with Crippen molar-refractivity contribution in [3.8, 4) is 5.69 Å². The molecule has 0 saturated heterocycles. The molecule has 166 valence electrons. The van der Waals surface area contributed by atoms with E-state index in [2.05, 4.69) is 56.8 Å². The van der Waals surface area contributed by atoms with Crippen LogP contribution in [0.5, 0.6) is 0 Å². The van der Waals surface area contributed by atoms with E-state index in [9.17, 15) is 0 Å². The minimum atomic E-state index is 0.693. The molecule has 33 heavy (non-hydrogen) atoms. The largest absolute Gasteiger partial charge is 0.360 e. The number of anilines is 1. The van der Waals surface area contributed by atoms with Crippen LogP contribution in [0.4, 0.5) is 5.69 Å². The Morgan fingerprint density at radius 3 is 2.24 bits per heavy atom. The van der Waals surface area contributed by atoms with Gasteiger partial charge in [0.1, 0.15) is 0 Å². The molecule has 0 radical (unpaired) electrons. The number of rotatable bonds is 5. The smallest absolute Gasteiger partial charge is 0.220 e. The van der Waals surface area contributed by atoms with Gasteiger partial charge >= 0.3 is 0 Å². The molecule has 0 unspecified atom stereocenters. The molecular formula is C28H27ClN4. The normalized spacial score (nSPS) is 11.4. The maximum Gasteiger partial charge on any atom is 0.220 e. The van der Waals surface area contributed by atoms with Crippen LogP contribution in [0.3, 0.4) is 0 Å². The molecule has 0 amide bonds. The molecule has 2 aromatic heterocycles. The number of benzene rings is 3. The molecule has 0 atom stereocenters. The fourth-order valence-corrected chi connectivity index (χ4v) is 4.00. The highest BCUT2D eigenvalue weighted by Gasteiger charge is 2.17. The summed E-state index contributed by atoms with van der Waals surface area (Å²) in [6.07, 6.45) is 7.92. The third-order valence-corrected chi connectivity index (χ3v) is 5.56. The number of hydrogen-bond acceptors (Lipinski definition) is 2. The topological polar surface area (TPSA) is 34.3 Å². The van der Waals surface area contributed by atoms with Crippen LogP contribution in [0.1, 0.15) is 25.2 Å². The van der Waals surface area contributed by atoms with E-state index < -0.39 is 0 Å². The third kappa shape index (κ3) is 4.43. The zero-order valence-electron chi connectivity index (χ0n) is 19.0. The van der Waals surface area contributed by atoms with Gasteiger partial charge in [-0.15, -0.1) is 0 Å². The van der Waals surface area contributed by atoms with E-state index in [1.165, 1.54) is 0 Å². The second-order valence-electron chi connectivity index (χ2n) is 7.22. The van der Waals surface area contributed by atoms with Gasteiger partial charge in [0.25, 0.3) is 0 Å². The van der Waals surface area contributed by atoms with Crippen molar-refractivity contribution in [2.75, 3.05) is 5.32 Å². The van der Waals surface area contributed by atoms with Gasteiger partial charge in [-0.05, 0) is 55.5 Å². The van der Waals surface area contributed by atoms with Gasteiger partial charge in [0.2, 0.25) is 5.78 Å². The van der Waals surface area contributed by atoms with Crippen LogP contribution in [0.15, 0.2) is 97.2 Å². The van der Waals surface area contributed by atoms with E-state index in [-0.39, 0.29) is 0 Å². The number of aryl methyl sites for hydroxylation is 1. The van der Waals surface area contributed by atoms with Crippen molar-refractivity contribution >= 4 is 40.2 Å². The van der Waals surface area contributed by atoms with Crippen molar-refractivity contribution in [1.82, 2.24) is 14.0 Å². The highest BCUT2D eigenvalue weighted by atomic mass is 35.5. The number of para-hydroxylation sites is 4. The van der Waals surface area contributed by atoms with Gasteiger partial charge in [0.05, 0.1) is 33.1 Å². The average molecular weight is 455 g/mol. The minimum Gasteiger partial charge on any atom is -0.360 e. The Morgan fingerprint density at radius 2 is 1.48 bits per heavy atom. The lowest BCUT2D eigenvalue weighted by molar-refractivity contribution is 1.09. The van der Waals surface area contributed by atoms with Crippen LogP contribution in [-0.2, 0) is 0 Å². The van der Waals surface area contributed by atoms with Crippen LogP contribution in [-0.4, -0.2) is 14.0 Å². The van der Waals surface area contributed by atoms with E-state index in [1.807, 2.05) is 81.6 Å². The highest BCUT2D eigenvalue weighted by molar-refractivity contribution is 6.33. The second kappa shape index (κ2) is 10.2. The van der Waals surface area contributed by atoms with E-state index in [1.54, 1.807) is 0 Å². The summed E-state index contributed by atoms with van der Waals surface area (Å²) in [6.45, 7) is 6.04. The first-order valence-corrected chi connectivity index (χ1v) is 11.5. The molecule has 1 N–H and O–H groups in total. The van der Waals surface area contributed by atoms with Gasteiger partial charge in [-0.2, -0.15) is 0 Å². The molecule has 4 nitrogen and oxygen atoms in total. The van der Waals surface area contributed by atoms with Crippen molar-refractivity contribution in [3.63, 3.8) is 0 Å². The Labute approximate surface area is 199 Å². The number of allylic oxidation sites excluding steroid dienone is 2. The molecule has 0 fully saturated rings. The third-order valence-electron chi connectivity index (χ3n) is 5.23. The Hall–Kier alpha value is -3.76. The summed E-state index contributed by atoms with van der Waals surface area (Å²) in [5, 5.41) is 3.90. The minimum absolute atomic E-state index is 0.693. The predicted octanol–water partition coefficient (Wildman–Crippen LogP) is 7.91. The molecule has 2 heterocycles. The first kappa shape index (κ1) is 22.4. The lowest BCUT2D eigenvalue weighted by Crippen LogP contribution is -1.94. The summed E-state index contributed by atoms with van der Waals surface area (Å²) in [6, 6.07) is 26.4. The molecule has 0 spiro atoms. The van der Waals surface area contributed by atoms with Crippen molar-refractivity contribution < 1.29 is 0 Å². The Morgan fingerprint density at radius 1 is 0.818 bits per heavy atom. The fourth-order valence-electron chi connectivity index (χ4n) is 3.81. The monoisotopic (exact) mass is 454 g/mol. The first-order chi connectivity index (χ1) is 16.2. The van der Waals surface area contributed by atoms with Crippen LogP contribution >= 0.6 is 11.6 Å². The average Bonchev–Trinajstić information content (AvgIpc) is 3.34. The molecule has 5 aromatic rings. The molecule has 3 aromatic carbocycles. The number of imidazole rings is 2. The standard InChI is InChI=1S/C26H21ClN4.C2H6/c1-19-23(15-9-10-18-28-22-14-6-5-13-21(22)27)31-25-17-8-7-16-24(25)30(26(31)29-19)20-11-3-2-4-12-20;1-2/h2-18,28H,1H3;1-2H3/b15-9-,18-10+;. The van der Waals surface area contributed by atoms with Crippen LogP contribution in [0, 0.1) is 6.92 Å². The number of fused-ring (bicyclic) bond motifs is 3. The molecular weight excluding hydrogens is 428 g/mol. The summed E-state index contributed by atoms with van der Waals surface area (Å²) in [7, 11) is 0. The van der Waals surface area contributed by atoms with Gasteiger partial charge in [0.15, 0.2) is 0 Å². The van der Waals surface area contributed by atoms with Crippen LogP contribution in [0.25, 0.3) is 28.6 Å². The molecule has 0 aliphatic heterocycles. The molecule has 0 aliphatic carbocycles. The van der Waals surface area contributed by atoms with E-state index in [4.69, 9.17) is 16.6 Å². The SMILES string of the molecule is CC.Cc1nc2n(-c3ccccc3)c3ccccc3n2c1/C=C\C=C\Nc1ccccc1Cl. The van der Waals surface area contributed by atoms with Crippen molar-refractivity contribution in [3.05, 3.63) is 114 Å². The summed E-state index contributed by atoms with van der Waals surface area (Å²) in [5.41, 5.74) is 6.26. The van der Waals surface area contributed by atoms with E-state index in [0.29, 0.717) is 5.02 Å². The summed E-state index contributed by atoms with van der Waals surface area (Å²) in [5.74, 6) is 0.905. The van der Waals surface area contributed by atoms with Crippen molar-refractivity contribution in [2.45, 2.75) is 20.8 Å². The zero-order valence-corrected chi connectivity index (χ0v) is 19.8. The molecule has 5 heteroatoms. The molecule has 0 bridgehead atoms. The van der Waals surface area contributed by atoms with Gasteiger partial charge in [-0.25, -0.2) is 4.98 Å².